The smallest absolute Gasteiger partial charge is 0.329 e. The number of para-hydroxylation sites is 1. The van der Waals surface area contributed by atoms with Gasteiger partial charge in [0.2, 0.25) is 52.7 Å². The number of fused-ring (bicyclic) bond motifs is 4. The summed E-state index contributed by atoms with van der Waals surface area (Å²) in [5, 5.41) is 10.8. The molecule has 1 aliphatic carbocycles. The molecule has 4 saturated heterocycles. The number of carbonyl (C=O) groups excluding carboxylic acids is 12. The monoisotopic (exact) mass is 1270 g/mol. The third-order valence-corrected chi connectivity index (χ3v) is 18.3. The van der Waals surface area contributed by atoms with E-state index in [0.29, 0.717) is 25.7 Å². The van der Waals surface area contributed by atoms with Gasteiger partial charge in [-0.1, -0.05) is 74.3 Å². The molecule has 1 aromatic carbocycles. The predicted octanol–water partition coefficient (Wildman–Crippen LogP) is 1.20. The maximum absolute atomic E-state index is 15.2. The third kappa shape index (κ3) is 14.3. The maximum atomic E-state index is 15.2. The highest BCUT2D eigenvalue weighted by Crippen LogP contribution is 2.34. The van der Waals surface area contributed by atoms with E-state index in [0.717, 1.165) is 9.80 Å². The second kappa shape index (κ2) is 28.6. The third-order valence-electron chi connectivity index (χ3n) is 18.3. The van der Waals surface area contributed by atoms with Gasteiger partial charge in [-0.25, -0.2) is 14.6 Å². The predicted molar refractivity (Wildman–Crippen MR) is 330 cm³/mol. The SMILES string of the molecule is CCC(C)C1NC(=O)C(NC(=O)c2c3nc4c(C(=O)NC5C(=O)NC(C(C)CC)C(=O)N6CCCC6C(=O)N(C)CC(=O)N(C)C(C(C)C)C(=O)OC5C)cccc4oc-3c(C)c(=O)c2N)C(C)OC(=O)C(C(C)C)N(C)C(=O)CN(C)C(=O)C2CCCN2C1=O. The lowest BCUT2D eigenvalue weighted by Crippen LogP contribution is -2.61. The first-order valence-electron chi connectivity index (χ1n) is 31.2. The Bertz CT molecular complexity index is 3400. The van der Waals surface area contributed by atoms with E-state index in [-0.39, 0.29) is 53.9 Å². The number of aromatic nitrogens is 1. The van der Waals surface area contributed by atoms with Crippen molar-refractivity contribution in [3.8, 4) is 11.5 Å². The molecule has 496 valence electrons. The Labute approximate surface area is 528 Å². The first kappa shape index (κ1) is 69.7. The zero-order chi connectivity index (χ0) is 67.5. The molecule has 5 aliphatic heterocycles. The van der Waals surface area contributed by atoms with E-state index in [2.05, 4.69) is 21.3 Å². The first-order chi connectivity index (χ1) is 42.8. The lowest BCUT2D eigenvalue weighted by molar-refractivity contribution is -0.163. The molecule has 12 unspecified atom stereocenters. The van der Waals surface area contributed by atoms with Gasteiger partial charge in [0.05, 0.1) is 29.9 Å². The van der Waals surface area contributed by atoms with Crippen molar-refractivity contribution in [1.29, 1.82) is 0 Å². The molecule has 0 radical (unpaired) electrons. The summed E-state index contributed by atoms with van der Waals surface area (Å²) in [5.74, 6) is -12.2. The van der Waals surface area contributed by atoms with Crippen molar-refractivity contribution in [3.05, 3.63) is 45.1 Å². The summed E-state index contributed by atoms with van der Waals surface area (Å²) >= 11 is 0. The van der Waals surface area contributed by atoms with Crippen LogP contribution in [0.1, 0.15) is 134 Å². The molecule has 7 rings (SSSR count). The number of ether oxygens (including phenoxy) is 2. The Balaban J connectivity index is 1.32. The van der Waals surface area contributed by atoms with E-state index in [1.54, 1.807) is 55.4 Å². The molecule has 91 heavy (non-hydrogen) atoms. The zero-order valence-electron chi connectivity index (χ0n) is 54.6. The van der Waals surface area contributed by atoms with Crippen molar-refractivity contribution >= 4 is 87.8 Å². The molecule has 0 aromatic heterocycles. The van der Waals surface area contributed by atoms with Crippen LogP contribution in [0.2, 0.25) is 0 Å². The standard InChI is InChI=1S/C63H88N12O16/c1-16-31(7)44-60(85)74-25-19-22-37(74)58(83)70(12)27-40(76)72(14)50(29(3)4)62(87)89-34(10)46(56(81)66-44)68-54(79)36-21-18-24-39-48(36)65-49-42(43(64)52(78)33(9)53(49)91-39)55(80)69-47-35(11)90-63(88)51(30(5)6)73(15)41(77)28-71(13)59(84)38-23-20-26-75(38)61(86)45(32(8)17-2)67-57(47)82/h18,21,24,29-32,34-35,37-38,44-47,50-51H,16-17,19-20,22-23,25-28,64H2,1-15H3,(H,66,81)(H,67,82)(H,68,79)(H,69,80). The normalized spacial score (nSPS) is 26.6. The number of nitrogens with two attached hydrogens (primary N) is 1. The highest BCUT2D eigenvalue weighted by Gasteiger charge is 2.47. The summed E-state index contributed by atoms with van der Waals surface area (Å²) in [4.78, 5) is 200. The number of hydrogen-bond acceptors (Lipinski definition) is 18. The van der Waals surface area contributed by atoms with Crippen LogP contribution >= 0.6 is 0 Å². The topological polar surface area (TPSA) is 360 Å². The average molecular weight is 1270 g/mol. The number of anilines is 1. The number of benzene rings is 2. The van der Waals surface area contributed by atoms with Gasteiger partial charge in [-0.05, 0) is 82.3 Å². The van der Waals surface area contributed by atoms with Crippen LogP contribution in [0.15, 0.2) is 27.4 Å². The van der Waals surface area contributed by atoms with Gasteiger partial charge in [-0.2, -0.15) is 0 Å². The van der Waals surface area contributed by atoms with Crippen molar-refractivity contribution in [2.75, 3.05) is 60.1 Å². The van der Waals surface area contributed by atoms with Crippen molar-refractivity contribution in [3.63, 3.8) is 0 Å². The fraction of sp³-hybridized carbons (Fsp3) is 0.619. The molecule has 12 atom stereocenters. The quantitative estimate of drug-likeness (QED) is 0.108. The molecular weight excluding hydrogens is 1180 g/mol. The summed E-state index contributed by atoms with van der Waals surface area (Å²) in [7, 11) is 5.60. The summed E-state index contributed by atoms with van der Waals surface area (Å²) in [6, 6.07) is -6.56. The molecule has 0 saturated carbocycles. The Morgan fingerprint density at radius 3 is 1.49 bits per heavy atom. The minimum atomic E-state index is -1.88. The largest absolute Gasteiger partial charge is 0.458 e. The molecule has 0 bridgehead atoms. The summed E-state index contributed by atoms with van der Waals surface area (Å²) in [6.45, 7) is 17.2. The van der Waals surface area contributed by atoms with Crippen molar-refractivity contribution in [1.82, 2.24) is 55.7 Å². The number of cyclic esters (lactones) is 2. The van der Waals surface area contributed by atoms with Crippen LogP contribution < -0.4 is 32.4 Å². The van der Waals surface area contributed by atoms with Crippen LogP contribution in [0.5, 0.6) is 0 Å². The molecule has 0 spiro atoms. The Morgan fingerprint density at radius 1 is 0.648 bits per heavy atom. The highest BCUT2D eigenvalue weighted by molar-refractivity contribution is 6.10. The number of likely N-dealkylation sites (N-methyl/N-ethyl adjacent to an activating group) is 4. The number of nitrogens with one attached hydrogen (secondary N) is 4. The van der Waals surface area contributed by atoms with Crippen LogP contribution in [0.25, 0.3) is 22.6 Å². The highest BCUT2D eigenvalue weighted by atomic mass is 16.6. The second-order valence-electron chi connectivity index (χ2n) is 25.4. The molecule has 28 heteroatoms. The number of nitrogens with zero attached hydrogens (tertiary/aromatic N) is 7. The molecule has 6 N–H and O–H groups in total. The van der Waals surface area contributed by atoms with E-state index in [1.807, 2.05) is 0 Å². The zero-order valence-corrected chi connectivity index (χ0v) is 54.6. The Morgan fingerprint density at radius 2 is 1.08 bits per heavy atom. The van der Waals surface area contributed by atoms with Gasteiger partial charge in [0, 0.05) is 46.8 Å². The van der Waals surface area contributed by atoms with Crippen molar-refractivity contribution in [2.24, 2.45) is 23.7 Å². The average Bonchev–Trinajstić information content (AvgIpc) is 1.30. The van der Waals surface area contributed by atoms with E-state index in [1.165, 1.54) is 86.8 Å². The maximum Gasteiger partial charge on any atom is 0.329 e. The van der Waals surface area contributed by atoms with Crippen molar-refractivity contribution < 1.29 is 71.4 Å². The van der Waals surface area contributed by atoms with Gasteiger partial charge in [0.15, 0.2) is 11.3 Å². The van der Waals surface area contributed by atoms with E-state index in [9.17, 15) is 52.7 Å². The fourth-order valence-corrected chi connectivity index (χ4v) is 12.4. The Hall–Kier alpha value is -8.72. The summed E-state index contributed by atoms with van der Waals surface area (Å²) in [6.07, 6.45) is -0.909. The van der Waals surface area contributed by atoms with Gasteiger partial charge >= 0.3 is 11.9 Å². The number of nitrogen functional groups attached to an aromatic ring is 1. The number of amides is 10. The first-order valence-corrected chi connectivity index (χ1v) is 31.2. The summed E-state index contributed by atoms with van der Waals surface area (Å²) in [5.41, 5.74) is 3.14. The van der Waals surface area contributed by atoms with Gasteiger partial charge in [-0.15, -0.1) is 0 Å². The second-order valence-corrected chi connectivity index (χ2v) is 25.4. The van der Waals surface area contributed by atoms with Crippen LogP contribution in [0, 0.1) is 30.6 Å². The van der Waals surface area contributed by atoms with Gasteiger partial charge in [0.25, 0.3) is 11.8 Å². The van der Waals surface area contributed by atoms with Crippen LogP contribution in [-0.2, 0) is 57.4 Å². The molecule has 28 nitrogen and oxygen atoms in total. The lowest BCUT2D eigenvalue weighted by Gasteiger charge is -2.36. The van der Waals surface area contributed by atoms with Crippen LogP contribution in [0.4, 0.5) is 5.69 Å². The molecule has 1 aromatic rings. The van der Waals surface area contributed by atoms with Crippen LogP contribution in [-0.4, -0.2) is 220 Å². The number of carbonyl (C=O) groups is 12. The van der Waals surface area contributed by atoms with Crippen molar-refractivity contribution in [2.45, 2.75) is 175 Å². The summed E-state index contributed by atoms with van der Waals surface area (Å²) < 4.78 is 18.2. The van der Waals surface area contributed by atoms with E-state index in [4.69, 9.17) is 24.6 Å². The molecule has 6 aliphatic rings. The fourth-order valence-electron chi connectivity index (χ4n) is 12.4. The van der Waals surface area contributed by atoms with Crippen LogP contribution in [0.3, 0.4) is 0 Å². The van der Waals surface area contributed by atoms with E-state index >= 15 is 9.59 Å². The van der Waals surface area contributed by atoms with Gasteiger partial charge in [0.1, 0.15) is 71.8 Å². The lowest BCUT2D eigenvalue weighted by atomic mass is 9.96. The number of esters is 2. The minimum Gasteiger partial charge on any atom is -0.458 e. The Kier molecular flexibility index (Phi) is 21.9. The molecule has 10 amide bonds. The van der Waals surface area contributed by atoms with Gasteiger partial charge < -0.3 is 70.3 Å². The van der Waals surface area contributed by atoms with Gasteiger partial charge in [-0.3, -0.25) is 52.7 Å². The minimum absolute atomic E-state index is 0.120. The van der Waals surface area contributed by atoms with E-state index < -0.39 is 191 Å². The molecular formula is C63H88N12O16. The number of rotatable bonds is 10. The number of hydrogen-bond donors (Lipinski definition) is 5. The molecule has 4 fully saturated rings. The molecule has 5 heterocycles.